The van der Waals surface area contributed by atoms with Gasteiger partial charge in [-0.2, -0.15) is 0 Å². The molecule has 1 aliphatic heterocycles. The van der Waals surface area contributed by atoms with Gasteiger partial charge in [0.15, 0.2) is 5.13 Å². The summed E-state index contributed by atoms with van der Waals surface area (Å²) in [6, 6.07) is 16.5. The molecule has 0 saturated carbocycles. The number of benzene rings is 2. The lowest BCUT2D eigenvalue weighted by Crippen LogP contribution is -2.44. The van der Waals surface area contributed by atoms with Crippen LogP contribution in [0.15, 0.2) is 60.1 Å². The van der Waals surface area contributed by atoms with Crippen LogP contribution in [0.3, 0.4) is 0 Å². The summed E-state index contributed by atoms with van der Waals surface area (Å²) in [7, 11) is 0. The Labute approximate surface area is 162 Å². The van der Waals surface area contributed by atoms with Crippen molar-refractivity contribution in [3.63, 3.8) is 0 Å². The third-order valence-corrected chi connectivity index (χ3v) is 5.31. The van der Waals surface area contributed by atoms with Gasteiger partial charge in [0.1, 0.15) is 12.4 Å². The van der Waals surface area contributed by atoms with E-state index in [9.17, 15) is 4.79 Å². The van der Waals surface area contributed by atoms with Crippen LogP contribution in [0.5, 0.6) is 5.75 Å². The minimum atomic E-state index is -0.0492. The van der Waals surface area contributed by atoms with Gasteiger partial charge in [-0.15, -0.1) is 11.3 Å². The van der Waals surface area contributed by atoms with Gasteiger partial charge < -0.3 is 15.0 Å². The third kappa shape index (κ3) is 4.11. The first-order valence-corrected chi connectivity index (χ1v) is 9.80. The Balaban J connectivity index is 1.55. The van der Waals surface area contributed by atoms with E-state index < -0.39 is 0 Å². The Morgan fingerprint density at radius 3 is 2.85 bits per heavy atom. The highest BCUT2D eigenvalue weighted by atomic mass is 32.1. The highest BCUT2D eigenvalue weighted by Crippen LogP contribution is 2.35. The fourth-order valence-electron chi connectivity index (χ4n) is 3.23. The molecule has 1 amide bonds. The number of thiazole rings is 1. The maximum Gasteiger partial charge on any atom is 0.228 e. The molecule has 2 heterocycles. The first-order chi connectivity index (χ1) is 13.2. The number of para-hydroxylation sites is 2. The summed E-state index contributed by atoms with van der Waals surface area (Å²) in [5.74, 6) is 0.813. The van der Waals surface area contributed by atoms with Crippen molar-refractivity contribution in [2.24, 2.45) is 0 Å². The summed E-state index contributed by atoms with van der Waals surface area (Å²) < 4.78 is 5.92. The van der Waals surface area contributed by atoms with E-state index in [-0.39, 0.29) is 11.9 Å². The van der Waals surface area contributed by atoms with Crippen molar-refractivity contribution >= 4 is 28.1 Å². The molecule has 0 saturated heterocycles. The number of nitrogens with one attached hydrogen (secondary N) is 1. The summed E-state index contributed by atoms with van der Waals surface area (Å²) in [5, 5.41) is 5.34. The molecule has 27 heavy (non-hydrogen) atoms. The fourth-order valence-corrected chi connectivity index (χ4v) is 3.78. The molecule has 5 nitrogen and oxygen atoms in total. The number of hydrogen-bond donors (Lipinski definition) is 1. The minimum absolute atomic E-state index is 0.0406. The number of nitrogens with zero attached hydrogens (tertiary/aromatic N) is 2. The van der Waals surface area contributed by atoms with Crippen LogP contribution in [0.2, 0.25) is 0 Å². The number of aryl methyl sites for hydroxylation is 1. The SMILES string of the molecule is Cc1ccc(CN2c3ccccc3OCC2CC(=O)Nc2nccs2)cc1. The number of fused-ring (bicyclic) bond motifs is 1. The summed E-state index contributed by atoms with van der Waals surface area (Å²) in [4.78, 5) is 18.9. The number of aromatic nitrogens is 1. The zero-order chi connectivity index (χ0) is 18.6. The van der Waals surface area contributed by atoms with Gasteiger partial charge in [-0.25, -0.2) is 4.98 Å². The largest absolute Gasteiger partial charge is 0.489 e. The van der Waals surface area contributed by atoms with Crippen LogP contribution in [0, 0.1) is 6.92 Å². The van der Waals surface area contributed by atoms with Gasteiger partial charge in [0.25, 0.3) is 0 Å². The number of carbonyl (C=O) groups excluding carboxylic acids is 1. The van der Waals surface area contributed by atoms with Crippen molar-refractivity contribution in [3.05, 3.63) is 71.2 Å². The first-order valence-electron chi connectivity index (χ1n) is 8.92. The van der Waals surface area contributed by atoms with E-state index in [1.165, 1.54) is 22.5 Å². The molecule has 6 heteroatoms. The monoisotopic (exact) mass is 379 g/mol. The maximum atomic E-state index is 12.5. The number of carbonyl (C=O) groups is 1. The molecule has 138 valence electrons. The summed E-state index contributed by atoms with van der Waals surface area (Å²) >= 11 is 1.42. The molecule has 0 spiro atoms. The van der Waals surface area contributed by atoms with Crippen LogP contribution in [-0.2, 0) is 11.3 Å². The van der Waals surface area contributed by atoms with Gasteiger partial charge in [0.2, 0.25) is 5.91 Å². The zero-order valence-corrected chi connectivity index (χ0v) is 15.9. The molecule has 1 unspecified atom stereocenters. The Morgan fingerprint density at radius 1 is 1.26 bits per heavy atom. The van der Waals surface area contributed by atoms with Crippen LogP contribution in [0.1, 0.15) is 17.5 Å². The van der Waals surface area contributed by atoms with Crippen LogP contribution in [-0.4, -0.2) is 23.5 Å². The average Bonchev–Trinajstić information content (AvgIpc) is 3.18. The lowest BCUT2D eigenvalue weighted by molar-refractivity contribution is -0.116. The van der Waals surface area contributed by atoms with Crippen LogP contribution >= 0.6 is 11.3 Å². The topological polar surface area (TPSA) is 54.5 Å². The molecule has 1 atom stereocenters. The number of anilines is 2. The van der Waals surface area contributed by atoms with Gasteiger partial charge in [-0.3, -0.25) is 4.79 Å². The second kappa shape index (κ2) is 7.80. The molecular formula is C21H21N3O2S. The predicted molar refractivity (Wildman–Crippen MR) is 108 cm³/mol. The van der Waals surface area contributed by atoms with Gasteiger partial charge in [-0.05, 0) is 24.6 Å². The van der Waals surface area contributed by atoms with Gasteiger partial charge in [-0.1, -0.05) is 42.0 Å². The second-order valence-corrected chi connectivity index (χ2v) is 7.53. The Morgan fingerprint density at radius 2 is 2.07 bits per heavy atom. The van der Waals surface area contributed by atoms with Crippen LogP contribution in [0.4, 0.5) is 10.8 Å². The molecule has 4 rings (SSSR count). The summed E-state index contributed by atoms with van der Waals surface area (Å²) in [5.41, 5.74) is 3.47. The van der Waals surface area contributed by atoms with Crippen LogP contribution < -0.4 is 15.0 Å². The van der Waals surface area contributed by atoms with Crippen molar-refractivity contribution in [1.29, 1.82) is 0 Å². The van der Waals surface area contributed by atoms with E-state index in [1.807, 2.05) is 23.6 Å². The maximum absolute atomic E-state index is 12.5. The zero-order valence-electron chi connectivity index (χ0n) is 15.1. The van der Waals surface area contributed by atoms with E-state index in [4.69, 9.17) is 4.74 Å². The number of ether oxygens (including phenoxy) is 1. The van der Waals surface area contributed by atoms with Crippen molar-refractivity contribution in [2.45, 2.75) is 25.9 Å². The second-order valence-electron chi connectivity index (χ2n) is 6.64. The van der Waals surface area contributed by atoms with E-state index in [0.29, 0.717) is 18.2 Å². The molecule has 0 fully saturated rings. The van der Waals surface area contributed by atoms with Gasteiger partial charge in [0, 0.05) is 18.1 Å². The lowest BCUT2D eigenvalue weighted by Gasteiger charge is -2.38. The van der Waals surface area contributed by atoms with E-state index in [0.717, 1.165) is 18.0 Å². The molecule has 0 aliphatic carbocycles. The predicted octanol–water partition coefficient (Wildman–Crippen LogP) is 4.25. The summed E-state index contributed by atoms with van der Waals surface area (Å²) in [6.07, 6.45) is 2.03. The fraction of sp³-hybridized carbons (Fsp3) is 0.238. The molecule has 1 aromatic heterocycles. The van der Waals surface area contributed by atoms with E-state index in [2.05, 4.69) is 52.5 Å². The molecule has 1 N–H and O–H groups in total. The van der Waals surface area contributed by atoms with Crippen LogP contribution in [0.25, 0.3) is 0 Å². The van der Waals surface area contributed by atoms with Gasteiger partial charge >= 0.3 is 0 Å². The third-order valence-electron chi connectivity index (χ3n) is 4.62. The average molecular weight is 379 g/mol. The van der Waals surface area contributed by atoms with E-state index in [1.54, 1.807) is 6.20 Å². The molecule has 1 aliphatic rings. The standard InChI is InChI=1S/C21H21N3O2S/c1-15-6-8-16(9-7-15)13-24-17(12-20(25)23-21-22-10-11-27-21)14-26-19-5-3-2-4-18(19)24/h2-11,17H,12-14H2,1H3,(H,22,23,25). The quantitative estimate of drug-likeness (QED) is 0.720. The Hall–Kier alpha value is -2.86. The number of hydrogen-bond acceptors (Lipinski definition) is 5. The Bertz CT molecular complexity index is 909. The minimum Gasteiger partial charge on any atom is -0.489 e. The molecule has 3 aromatic rings. The molecule has 0 bridgehead atoms. The molecule has 0 radical (unpaired) electrons. The van der Waals surface area contributed by atoms with Crippen molar-refractivity contribution in [3.8, 4) is 5.75 Å². The molecular weight excluding hydrogens is 358 g/mol. The highest BCUT2D eigenvalue weighted by molar-refractivity contribution is 7.13. The normalized spacial score (nSPS) is 15.7. The Kier molecular flexibility index (Phi) is 5.07. The molecule has 2 aromatic carbocycles. The van der Waals surface area contributed by atoms with Crippen molar-refractivity contribution in [1.82, 2.24) is 4.98 Å². The lowest BCUT2D eigenvalue weighted by atomic mass is 10.1. The van der Waals surface area contributed by atoms with E-state index >= 15 is 0 Å². The van der Waals surface area contributed by atoms with Crippen molar-refractivity contribution < 1.29 is 9.53 Å². The first kappa shape index (κ1) is 17.5. The highest BCUT2D eigenvalue weighted by Gasteiger charge is 2.29. The smallest absolute Gasteiger partial charge is 0.228 e. The number of rotatable bonds is 5. The van der Waals surface area contributed by atoms with Gasteiger partial charge in [0.05, 0.1) is 18.2 Å². The van der Waals surface area contributed by atoms with Crippen molar-refractivity contribution in [2.75, 3.05) is 16.8 Å². The summed E-state index contributed by atoms with van der Waals surface area (Å²) in [6.45, 7) is 3.30. The number of amides is 1.